The van der Waals surface area contributed by atoms with E-state index >= 15 is 0 Å². The fourth-order valence-electron chi connectivity index (χ4n) is 2.47. The van der Waals surface area contributed by atoms with Gasteiger partial charge in [-0.25, -0.2) is 4.99 Å². The molecule has 0 saturated carbocycles. The molecule has 23 heavy (non-hydrogen) atoms. The second-order valence-electron chi connectivity index (χ2n) is 6.40. The van der Waals surface area contributed by atoms with Crippen LogP contribution in [0.25, 0.3) is 0 Å². The van der Waals surface area contributed by atoms with E-state index in [9.17, 15) is 0 Å². The van der Waals surface area contributed by atoms with Crippen LogP contribution in [0.4, 0.5) is 5.69 Å². The predicted molar refractivity (Wildman–Crippen MR) is 98.9 cm³/mol. The zero-order valence-electron chi connectivity index (χ0n) is 14.5. The van der Waals surface area contributed by atoms with E-state index in [1.165, 1.54) is 25.7 Å². The summed E-state index contributed by atoms with van der Waals surface area (Å²) in [7, 11) is 0. The molecule has 0 spiro atoms. The summed E-state index contributed by atoms with van der Waals surface area (Å²) < 4.78 is 0. The molecule has 1 heterocycles. The summed E-state index contributed by atoms with van der Waals surface area (Å²) >= 11 is 0. The number of hydrogen-bond acceptors (Lipinski definition) is 3. The SMILES string of the molecule is CCCCCCCN=C1NC(Nc2ccccc2)=NC(C)(C)N1. The van der Waals surface area contributed by atoms with Crippen molar-refractivity contribution < 1.29 is 0 Å². The van der Waals surface area contributed by atoms with Crippen LogP contribution in [-0.2, 0) is 0 Å². The molecule has 0 unspecified atom stereocenters. The van der Waals surface area contributed by atoms with E-state index in [1.807, 2.05) is 44.2 Å². The molecule has 0 bridgehead atoms. The van der Waals surface area contributed by atoms with E-state index < -0.39 is 0 Å². The highest BCUT2D eigenvalue weighted by molar-refractivity contribution is 6.07. The van der Waals surface area contributed by atoms with Gasteiger partial charge in [0.25, 0.3) is 0 Å². The number of benzene rings is 1. The molecular weight excluding hydrogens is 286 g/mol. The van der Waals surface area contributed by atoms with Crippen LogP contribution >= 0.6 is 0 Å². The zero-order valence-corrected chi connectivity index (χ0v) is 14.5. The van der Waals surface area contributed by atoms with Crippen LogP contribution in [0.2, 0.25) is 0 Å². The van der Waals surface area contributed by atoms with Gasteiger partial charge < -0.3 is 10.6 Å². The van der Waals surface area contributed by atoms with Crippen LogP contribution < -0.4 is 16.0 Å². The van der Waals surface area contributed by atoms with E-state index in [0.717, 1.165) is 30.6 Å². The first kappa shape index (κ1) is 17.3. The van der Waals surface area contributed by atoms with Gasteiger partial charge in [0, 0.05) is 12.2 Å². The Balaban J connectivity index is 1.90. The molecule has 0 amide bonds. The van der Waals surface area contributed by atoms with E-state index in [2.05, 4.69) is 32.9 Å². The van der Waals surface area contributed by atoms with Crippen molar-refractivity contribution in [1.29, 1.82) is 0 Å². The number of guanidine groups is 2. The minimum Gasteiger partial charge on any atom is -0.332 e. The van der Waals surface area contributed by atoms with Crippen molar-refractivity contribution in [1.82, 2.24) is 10.6 Å². The number of para-hydroxylation sites is 1. The van der Waals surface area contributed by atoms with Gasteiger partial charge in [-0.3, -0.25) is 10.3 Å². The Labute approximate surface area is 139 Å². The summed E-state index contributed by atoms with van der Waals surface area (Å²) in [5, 5.41) is 9.86. The Bertz CT molecular complexity index is 534. The standard InChI is InChI=1S/C18H29N5/c1-4-5-6-7-11-14-19-16-21-17(23-18(2,3)22-16)20-15-12-9-8-10-13-15/h8-10,12-13H,4-7,11,14H2,1-3H3,(H3,19,20,21,22,23). The van der Waals surface area contributed by atoms with Gasteiger partial charge in [0.05, 0.1) is 0 Å². The lowest BCUT2D eigenvalue weighted by molar-refractivity contribution is 0.468. The lowest BCUT2D eigenvalue weighted by Gasteiger charge is -2.31. The van der Waals surface area contributed by atoms with Crippen LogP contribution in [-0.4, -0.2) is 24.1 Å². The lowest BCUT2D eigenvalue weighted by atomic mass is 10.1. The molecule has 0 aliphatic carbocycles. The van der Waals surface area contributed by atoms with Gasteiger partial charge in [-0.1, -0.05) is 50.8 Å². The third kappa shape index (κ3) is 6.30. The number of aliphatic imine (C=N–C) groups is 2. The van der Waals surface area contributed by atoms with Gasteiger partial charge in [0.1, 0.15) is 5.66 Å². The van der Waals surface area contributed by atoms with Crippen molar-refractivity contribution >= 4 is 17.6 Å². The second kappa shape index (κ2) is 8.56. The third-order valence-electron chi connectivity index (χ3n) is 3.62. The summed E-state index contributed by atoms with van der Waals surface area (Å²) in [5.41, 5.74) is 0.638. The summed E-state index contributed by atoms with van der Waals surface area (Å²) in [6.07, 6.45) is 6.27. The second-order valence-corrected chi connectivity index (χ2v) is 6.40. The molecule has 0 radical (unpaired) electrons. The summed E-state index contributed by atoms with van der Waals surface area (Å²) in [5.74, 6) is 1.52. The number of unbranched alkanes of at least 4 members (excludes halogenated alkanes) is 4. The molecular formula is C18H29N5. The van der Waals surface area contributed by atoms with Crippen molar-refractivity contribution in [3.63, 3.8) is 0 Å². The number of anilines is 1. The van der Waals surface area contributed by atoms with Gasteiger partial charge in [0.15, 0.2) is 5.96 Å². The first-order chi connectivity index (χ1) is 11.1. The first-order valence-corrected chi connectivity index (χ1v) is 8.60. The fourth-order valence-corrected chi connectivity index (χ4v) is 2.47. The molecule has 0 fully saturated rings. The van der Waals surface area contributed by atoms with Crippen LogP contribution in [0, 0.1) is 0 Å². The van der Waals surface area contributed by atoms with Crippen molar-refractivity contribution in [3.8, 4) is 0 Å². The number of nitrogens with one attached hydrogen (secondary N) is 3. The Morgan fingerprint density at radius 1 is 1.09 bits per heavy atom. The van der Waals surface area contributed by atoms with Gasteiger partial charge in [-0.2, -0.15) is 0 Å². The van der Waals surface area contributed by atoms with Crippen molar-refractivity contribution in [2.75, 3.05) is 11.9 Å². The van der Waals surface area contributed by atoms with Gasteiger partial charge in [0.2, 0.25) is 5.96 Å². The summed E-state index contributed by atoms with van der Waals surface area (Å²) in [4.78, 5) is 9.27. The molecule has 3 N–H and O–H groups in total. The minimum atomic E-state index is -0.372. The van der Waals surface area contributed by atoms with Crippen molar-refractivity contribution in [3.05, 3.63) is 30.3 Å². The van der Waals surface area contributed by atoms with Crippen LogP contribution in [0.5, 0.6) is 0 Å². The average Bonchev–Trinajstić information content (AvgIpc) is 2.50. The largest absolute Gasteiger partial charge is 0.332 e. The molecule has 0 atom stereocenters. The highest BCUT2D eigenvalue weighted by atomic mass is 15.4. The topological polar surface area (TPSA) is 60.8 Å². The zero-order chi connectivity index (χ0) is 16.5. The number of rotatable bonds is 7. The van der Waals surface area contributed by atoms with Crippen LogP contribution in [0.3, 0.4) is 0 Å². The molecule has 2 rings (SSSR count). The number of hydrogen-bond donors (Lipinski definition) is 3. The Morgan fingerprint density at radius 2 is 1.83 bits per heavy atom. The summed E-state index contributed by atoms with van der Waals surface area (Å²) in [6.45, 7) is 7.15. The molecule has 5 heteroatoms. The van der Waals surface area contributed by atoms with E-state index in [4.69, 9.17) is 0 Å². The lowest BCUT2D eigenvalue weighted by Crippen LogP contribution is -2.57. The monoisotopic (exact) mass is 315 g/mol. The fraction of sp³-hybridized carbons (Fsp3) is 0.556. The normalized spacial score (nSPS) is 18.0. The van der Waals surface area contributed by atoms with Crippen LogP contribution in [0.15, 0.2) is 40.3 Å². The van der Waals surface area contributed by atoms with Gasteiger partial charge in [-0.05, 0) is 32.4 Å². The van der Waals surface area contributed by atoms with Gasteiger partial charge >= 0.3 is 0 Å². The number of nitrogens with zero attached hydrogens (tertiary/aromatic N) is 2. The van der Waals surface area contributed by atoms with Crippen LogP contribution in [0.1, 0.15) is 52.9 Å². The Kier molecular flexibility index (Phi) is 6.44. The Morgan fingerprint density at radius 3 is 2.57 bits per heavy atom. The molecule has 1 aromatic rings. The smallest absolute Gasteiger partial charge is 0.204 e. The average molecular weight is 315 g/mol. The highest BCUT2D eigenvalue weighted by Crippen LogP contribution is 2.11. The van der Waals surface area contributed by atoms with Crippen molar-refractivity contribution in [2.45, 2.75) is 58.5 Å². The third-order valence-corrected chi connectivity index (χ3v) is 3.62. The quantitative estimate of drug-likeness (QED) is 0.672. The van der Waals surface area contributed by atoms with E-state index in [-0.39, 0.29) is 5.66 Å². The molecule has 5 nitrogen and oxygen atoms in total. The molecule has 126 valence electrons. The maximum Gasteiger partial charge on any atom is 0.204 e. The van der Waals surface area contributed by atoms with E-state index in [1.54, 1.807) is 0 Å². The first-order valence-electron chi connectivity index (χ1n) is 8.60. The highest BCUT2D eigenvalue weighted by Gasteiger charge is 2.24. The summed E-state index contributed by atoms with van der Waals surface area (Å²) in [6, 6.07) is 10.0. The molecule has 1 aromatic carbocycles. The molecule has 1 aliphatic rings. The molecule has 0 aromatic heterocycles. The van der Waals surface area contributed by atoms with E-state index in [0.29, 0.717) is 0 Å². The molecule has 0 saturated heterocycles. The maximum absolute atomic E-state index is 4.64. The molecule has 1 aliphatic heterocycles. The minimum absolute atomic E-state index is 0.372. The predicted octanol–water partition coefficient (Wildman–Crippen LogP) is 3.71. The Hall–Kier alpha value is -2.04. The van der Waals surface area contributed by atoms with Crippen molar-refractivity contribution in [2.24, 2.45) is 9.98 Å². The maximum atomic E-state index is 4.64. The van der Waals surface area contributed by atoms with Gasteiger partial charge in [-0.15, -0.1) is 0 Å².